The third-order valence-electron chi connectivity index (χ3n) is 1.95. The summed E-state index contributed by atoms with van der Waals surface area (Å²) in [5, 5.41) is 5.38. The maximum absolute atomic E-state index is 4.38. The number of nitrogens with one attached hydrogen (secondary N) is 1. The van der Waals surface area contributed by atoms with Crippen LogP contribution in [0.25, 0.3) is 0 Å². The second-order valence-electron chi connectivity index (χ2n) is 3.25. The molecule has 0 spiro atoms. The molecular formula is C11H11BrN2S. The minimum Gasteiger partial charge on any atom is -0.365 e. The normalized spacial score (nSPS) is 10.3. The zero-order valence-corrected chi connectivity index (χ0v) is 10.7. The topological polar surface area (TPSA) is 24.9 Å². The number of pyridine rings is 1. The number of aromatic nitrogens is 1. The highest BCUT2D eigenvalue weighted by molar-refractivity contribution is 9.10. The molecule has 0 aliphatic carbocycles. The van der Waals surface area contributed by atoms with Gasteiger partial charge in [0.15, 0.2) is 0 Å². The summed E-state index contributed by atoms with van der Waals surface area (Å²) in [6.07, 6.45) is 0. The van der Waals surface area contributed by atoms with E-state index in [-0.39, 0.29) is 0 Å². The highest BCUT2D eigenvalue weighted by Crippen LogP contribution is 2.20. The van der Waals surface area contributed by atoms with E-state index >= 15 is 0 Å². The number of halogens is 1. The molecule has 0 unspecified atom stereocenters. The van der Waals surface area contributed by atoms with Gasteiger partial charge in [0.1, 0.15) is 5.82 Å². The van der Waals surface area contributed by atoms with E-state index in [1.807, 2.05) is 25.1 Å². The number of rotatable bonds is 3. The maximum Gasteiger partial charge on any atom is 0.126 e. The van der Waals surface area contributed by atoms with Crippen molar-refractivity contribution in [2.24, 2.45) is 0 Å². The molecule has 4 heteroatoms. The van der Waals surface area contributed by atoms with Crippen LogP contribution in [0.15, 0.2) is 34.1 Å². The van der Waals surface area contributed by atoms with Crippen molar-refractivity contribution < 1.29 is 0 Å². The minimum atomic E-state index is 0.826. The van der Waals surface area contributed by atoms with Gasteiger partial charge in [0.05, 0.1) is 6.54 Å². The molecule has 0 radical (unpaired) electrons. The molecule has 0 aliphatic rings. The molecule has 0 aromatic carbocycles. The lowest BCUT2D eigenvalue weighted by Crippen LogP contribution is -1.99. The van der Waals surface area contributed by atoms with Crippen molar-refractivity contribution in [3.8, 4) is 0 Å². The van der Waals surface area contributed by atoms with Crippen LogP contribution in [0.2, 0.25) is 0 Å². The van der Waals surface area contributed by atoms with E-state index in [9.17, 15) is 0 Å². The summed E-state index contributed by atoms with van der Waals surface area (Å²) >= 11 is 5.17. The number of nitrogens with zero attached hydrogens (tertiary/aromatic N) is 1. The monoisotopic (exact) mass is 282 g/mol. The van der Waals surface area contributed by atoms with E-state index in [4.69, 9.17) is 0 Å². The summed E-state index contributed by atoms with van der Waals surface area (Å²) in [5.41, 5.74) is 1.03. The van der Waals surface area contributed by atoms with Gasteiger partial charge in [-0.05, 0) is 41.1 Å². The molecule has 78 valence electrons. The average Bonchev–Trinajstić information content (AvgIpc) is 2.62. The first kappa shape index (κ1) is 10.6. The summed E-state index contributed by atoms with van der Waals surface area (Å²) in [7, 11) is 0. The lowest BCUT2D eigenvalue weighted by Gasteiger charge is -2.03. The van der Waals surface area contributed by atoms with E-state index in [0.29, 0.717) is 0 Å². The van der Waals surface area contributed by atoms with Crippen LogP contribution in [0.1, 0.15) is 10.6 Å². The van der Waals surface area contributed by atoms with E-state index in [1.165, 1.54) is 4.88 Å². The van der Waals surface area contributed by atoms with Gasteiger partial charge in [-0.25, -0.2) is 4.98 Å². The minimum absolute atomic E-state index is 0.826. The molecule has 0 fully saturated rings. The third kappa shape index (κ3) is 3.04. The Morgan fingerprint density at radius 1 is 1.47 bits per heavy atom. The van der Waals surface area contributed by atoms with Crippen LogP contribution in [0.5, 0.6) is 0 Å². The SMILES string of the molecule is Cc1cccc(NCc2cc(Br)cs2)n1. The Balaban J connectivity index is 1.99. The standard InChI is InChI=1S/C11H11BrN2S/c1-8-3-2-4-11(14-8)13-6-10-5-9(12)7-15-10/h2-5,7H,6H2,1H3,(H,13,14). The molecule has 0 aliphatic heterocycles. The Labute approximate surface area is 101 Å². The predicted molar refractivity (Wildman–Crippen MR) is 68.3 cm³/mol. The fourth-order valence-electron chi connectivity index (χ4n) is 1.27. The third-order valence-corrected chi connectivity index (χ3v) is 3.65. The molecule has 2 aromatic rings. The van der Waals surface area contributed by atoms with Gasteiger partial charge in [-0.1, -0.05) is 6.07 Å². The van der Waals surface area contributed by atoms with Crippen molar-refractivity contribution in [2.45, 2.75) is 13.5 Å². The zero-order valence-electron chi connectivity index (χ0n) is 8.33. The van der Waals surface area contributed by atoms with Crippen LogP contribution in [-0.4, -0.2) is 4.98 Å². The zero-order chi connectivity index (χ0) is 10.7. The molecule has 2 nitrogen and oxygen atoms in total. The number of aryl methyl sites for hydroxylation is 1. The molecule has 0 bridgehead atoms. The summed E-state index contributed by atoms with van der Waals surface area (Å²) in [4.78, 5) is 5.67. The lowest BCUT2D eigenvalue weighted by molar-refractivity contribution is 1.11. The average molecular weight is 283 g/mol. The number of anilines is 1. The predicted octanol–water partition coefficient (Wildman–Crippen LogP) is 3.83. The van der Waals surface area contributed by atoms with Gasteiger partial charge in [0.25, 0.3) is 0 Å². The van der Waals surface area contributed by atoms with Crippen LogP contribution in [0, 0.1) is 6.92 Å². The van der Waals surface area contributed by atoms with Crippen molar-refractivity contribution in [1.29, 1.82) is 0 Å². The Hall–Kier alpha value is -0.870. The molecule has 2 heterocycles. The van der Waals surface area contributed by atoms with Crippen molar-refractivity contribution in [2.75, 3.05) is 5.32 Å². The second kappa shape index (κ2) is 4.77. The van der Waals surface area contributed by atoms with E-state index in [1.54, 1.807) is 11.3 Å². The van der Waals surface area contributed by atoms with Crippen molar-refractivity contribution in [3.05, 3.63) is 44.7 Å². The Kier molecular flexibility index (Phi) is 3.38. The van der Waals surface area contributed by atoms with Gasteiger partial charge in [0, 0.05) is 20.4 Å². The first-order chi connectivity index (χ1) is 7.24. The van der Waals surface area contributed by atoms with Gasteiger partial charge < -0.3 is 5.32 Å². The molecule has 1 N–H and O–H groups in total. The summed E-state index contributed by atoms with van der Waals surface area (Å²) in [6, 6.07) is 8.10. The van der Waals surface area contributed by atoms with E-state index in [2.05, 4.69) is 37.7 Å². The Morgan fingerprint density at radius 3 is 3.00 bits per heavy atom. The van der Waals surface area contributed by atoms with Crippen molar-refractivity contribution in [3.63, 3.8) is 0 Å². The molecule has 15 heavy (non-hydrogen) atoms. The lowest BCUT2D eigenvalue weighted by atomic mass is 10.3. The number of thiophene rings is 1. The molecule has 0 saturated heterocycles. The van der Waals surface area contributed by atoms with Crippen molar-refractivity contribution in [1.82, 2.24) is 4.98 Å². The van der Waals surface area contributed by atoms with Crippen LogP contribution in [0.3, 0.4) is 0 Å². The molecule has 0 saturated carbocycles. The van der Waals surface area contributed by atoms with Crippen LogP contribution in [-0.2, 0) is 6.54 Å². The number of hydrogen-bond acceptors (Lipinski definition) is 3. The van der Waals surface area contributed by atoms with Gasteiger partial charge in [-0.3, -0.25) is 0 Å². The van der Waals surface area contributed by atoms with Gasteiger partial charge >= 0.3 is 0 Å². The van der Waals surface area contributed by atoms with Crippen molar-refractivity contribution >= 4 is 33.1 Å². The van der Waals surface area contributed by atoms with Crippen LogP contribution in [0.4, 0.5) is 5.82 Å². The highest BCUT2D eigenvalue weighted by Gasteiger charge is 1.98. The fraction of sp³-hybridized carbons (Fsp3) is 0.182. The summed E-state index contributed by atoms with van der Waals surface area (Å²) in [5.74, 6) is 0.930. The molecule has 2 rings (SSSR count). The van der Waals surface area contributed by atoms with Gasteiger partial charge in [0.2, 0.25) is 0 Å². The quantitative estimate of drug-likeness (QED) is 0.926. The summed E-state index contributed by atoms with van der Waals surface area (Å²) < 4.78 is 1.14. The summed E-state index contributed by atoms with van der Waals surface area (Å²) in [6.45, 7) is 2.82. The smallest absolute Gasteiger partial charge is 0.126 e. The Bertz CT molecular complexity index is 453. The highest BCUT2D eigenvalue weighted by atomic mass is 79.9. The van der Waals surface area contributed by atoms with E-state index in [0.717, 1.165) is 22.5 Å². The maximum atomic E-state index is 4.38. The molecule has 0 atom stereocenters. The molecular weight excluding hydrogens is 272 g/mol. The van der Waals surface area contributed by atoms with E-state index < -0.39 is 0 Å². The first-order valence-electron chi connectivity index (χ1n) is 4.64. The number of hydrogen-bond donors (Lipinski definition) is 1. The first-order valence-corrected chi connectivity index (χ1v) is 6.32. The molecule has 0 amide bonds. The fourth-order valence-corrected chi connectivity index (χ4v) is 2.66. The molecule has 2 aromatic heterocycles. The second-order valence-corrected chi connectivity index (χ2v) is 5.16. The largest absolute Gasteiger partial charge is 0.365 e. The van der Waals surface area contributed by atoms with Crippen LogP contribution < -0.4 is 5.32 Å². The van der Waals surface area contributed by atoms with Crippen LogP contribution >= 0.6 is 27.3 Å². The van der Waals surface area contributed by atoms with Gasteiger partial charge in [-0.2, -0.15) is 0 Å². The Morgan fingerprint density at radius 2 is 2.33 bits per heavy atom. The van der Waals surface area contributed by atoms with Gasteiger partial charge in [-0.15, -0.1) is 11.3 Å².